The van der Waals surface area contributed by atoms with Gasteiger partial charge in [0, 0.05) is 12.2 Å². The van der Waals surface area contributed by atoms with Crippen LogP contribution in [0.2, 0.25) is 0 Å². The van der Waals surface area contributed by atoms with E-state index in [-0.39, 0.29) is 17.7 Å². The Labute approximate surface area is 174 Å². The summed E-state index contributed by atoms with van der Waals surface area (Å²) < 4.78 is 5.71. The van der Waals surface area contributed by atoms with Crippen LogP contribution < -0.4 is 9.80 Å². The largest absolute Gasteiger partial charge is 0.369 e. The normalized spacial score (nSPS) is 29.2. The number of rotatable bonds is 5. The molecule has 2 saturated heterocycles. The number of anilines is 2. The average Bonchev–Trinajstić information content (AvgIpc) is 3.38. The van der Waals surface area contributed by atoms with Gasteiger partial charge in [-0.2, -0.15) is 0 Å². The van der Waals surface area contributed by atoms with Crippen molar-refractivity contribution < 1.29 is 19.1 Å². The molecule has 0 aromatic heterocycles. The Morgan fingerprint density at radius 1 is 1.10 bits per heavy atom. The summed E-state index contributed by atoms with van der Waals surface area (Å²) in [6.45, 7) is 4.51. The zero-order valence-corrected chi connectivity index (χ0v) is 16.4. The molecule has 5 rings (SSSR count). The Morgan fingerprint density at radius 2 is 1.73 bits per heavy atom. The average molecular weight is 402 g/mol. The van der Waals surface area contributed by atoms with Crippen LogP contribution in [0.5, 0.6) is 0 Å². The molecule has 1 spiro atoms. The molecule has 2 aliphatic heterocycles. The Balaban J connectivity index is 1.51. The summed E-state index contributed by atoms with van der Waals surface area (Å²) >= 11 is 0. The summed E-state index contributed by atoms with van der Waals surface area (Å²) in [5.41, 5.74) is 0.584. The molecule has 0 N–H and O–H groups in total. The lowest BCUT2D eigenvalue weighted by molar-refractivity contribution is -0.129. The van der Waals surface area contributed by atoms with Crippen molar-refractivity contribution in [3.8, 4) is 0 Å². The predicted molar refractivity (Wildman–Crippen MR) is 112 cm³/mol. The lowest BCUT2D eigenvalue weighted by Crippen LogP contribution is -2.41. The number of epoxide rings is 1. The van der Waals surface area contributed by atoms with Crippen molar-refractivity contribution in [1.29, 1.82) is 0 Å². The molecular formula is C24H22N2O4. The Hall–Kier alpha value is -3.25. The van der Waals surface area contributed by atoms with Crippen LogP contribution >= 0.6 is 0 Å². The van der Waals surface area contributed by atoms with Crippen LogP contribution in [0, 0.1) is 17.8 Å². The van der Waals surface area contributed by atoms with Gasteiger partial charge in [-0.25, -0.2) is 4.90 Å². The first-order valence-electron chi connectivity index (χ1n) is 10.1. The molecule has 1 saturated carbocycles. The fraction of sp³-hybridized carbons (Fsp3) is 0.292. The minimum Gasteiger partial charge on any atom is -0.369 e. The molecule has 0 bridgehead atoms. The molecule has 2 aromatic carbocycles. The number of carbonyl (C=O) groups is 3. The molecule has 2 heterocycles. The zero-order valence-electron chi connectivity index (χ0n) is 16.4. The minimum atomic E-state index is -0.705. The van der Waals surface area contributed by atoms with Crippen molar-refractivity contribution in [3.05, 3.63) is 73.3 Å². The van der Waals surface area contributed by atoms with Gasteiger partial charge in [0.05, 0.1) is 30.0 Å². The molecule has 3 amide bonds. The molecule has 2 unspecified atom stereocenters. The van der Waals surface area contributed by atoms with Gasteiger partial charge in [0.25, 0.3) is 0 Å². The van der Waals surface area contributed by atoms with Gasteiger partial charge in [-0.05, 0) is 30.7 Å². The maximum absolute atomic E-state index is 13.6. The molecule has 2 aromatic rings. The number of hydrogen-bond donors (Lipinski definition) is 0. The van der Waals surface area contributed by atoms with E-state index >= 15 is 0 Å². The van der Waals surface area contributed by atoms with Crippen LogP contribution in [-0.2, 0) is 19.1 Å². The van der Waals surface area contributed by atoms with Crippen LogP contribution in [0.1, 0.15) is 6.42 Å². The van der Waals surface area contributed by atoms with Crippen molar-refractivity contribution in [2.24, 2.45) is 17.8 Å². The minimum absolute atomic E-state index is 0.167. The number of para-hydroxylation sites is 2. The van der Waals surface area contributed by atoms with E-state index in [0.29, 0.717) is 25.3 Å². The van der Waals surface area contributed by atoms with Crippen molar-refractivity contribution in [1.82, 2.24) is 0 Å². The lowest BCUT2D eigenvalue weighted by atomic mass is 9.88. The van der Waals surface area contributed by atoms with E-state index in [1.807, 2.05) is 36.4 Å². The van der Waals surface area contributed by atoms with Crippen molar-refractivity contribution in [2.45, 2.75) is 12.0 Å². The van der Waals surface area contributed by atoms with Crippen LogP contribution in [-0.4, -0.2) is 36.5 Å². The Kier molecular flexibility index (Phi) is 4.33. The zero-order chi connectivity index (χ0) is 20.9. The Bertz CT molecular complexity index is 1020. The number of carbonyl (C=O) groups excluding carboxylic acids is 3. The van der Waals surface area contributed by atoms with Gasteiger partial charge in [0.1, 0.15) is 5.60 Å². The molecular weight excluding hydrogens is 380 g/mol. The fourth-order valence-electron chi connectivity index (χ4n) is 5.00. The van der Waals surface area contributed by atoms with E-state index in [1.165, 1.54) is 4.90 Å². The highest BCUT2D eigenvalue weighted by molar-refractivity contribution is 6.24. The monoisotopic (exact) mass is 402 g/mol. The highest BCUT2D eigenvalue weighted by Crippen LogP contribution is 2.58. The number of ether oxygens (including phenoxy) is 1. The van der Waals surface area contributed by atoms with E-state index in [9.17, 15) is 14.4 Å². The van der Waals surface area contributed by atoms with Gasteiger partial charge in [0.15, 0.2) is 0 Å². The second kappa shape index (κ2) is 6.92. The van der Waals surface area contributed by atoms with Crippen molar-refractivity contribution in [2.75, 3.05) is 23.0 Å². The molecule has 6 heteroatoms. The van der Waals surface area contributed by atoms with E-state index in [2.05, 4.69) is 6.58 Å². The van der Waals surface area contributed by atoms with Gasteiger partial charge in [0.2, 0.25) is 17.7 Å². The maximum Gasteiger partial charge on any atom is 0.240 e. The topological polar surface area (TPSA) is 70.2 Å². The molecule has 6 nitrogen and oxygen atoms in total. The number of amides is 3. The van der Waals surface area contributed by atoms with E-state index in [1.54, 1.807) is 35.2 Å². The van der Waals surface area contributed by atoms with Gasteiger partial charge >= 0.3 is 0 Å². The first-order chi connectivity index (χ1) is 14.6. The third-order valence-electron chi connectivity index (χ3n) is 6.41. The summed E-state index contributed by atoms with van der Waals surface area (Å²) in [6.07, 6.45) is 2.06. The molecule has 0 radical (unpaired) electrons. The maximum atomic E-state index is 13.6. The van der Waals surface area contributed by atoms with Crippen LogP contribution in [0.4, 0.5) is 11.4 Å². The van der Waals surface area contributed by atoms with E-state index in [0.717, 1.165) is 5.69 Å². The van der Waals surface area contributed by atoms with E-state index in [4.69, 9.17) is 4.74 Å². The molecule has 3 fully saturated rings. The highest BCUT2D eigenvalue weighted by Gasteiger charge is 2.72. The summed E-state index contributed by atoms with van der Waals surface area (Å²) in [5, 5.41) is 0. The second-order valence-electron chi connectivity index (χ2n) is 8.09. The molecule has 30 heavy (non-hydrogen) atoms. The number of imide groups is 1. The lowest BCUT2D eigenvalue weighted by Gasteiger charge is -2.27. The smallest absolute Gasteiger partial charge is 0.240 e. The van der Waals surface area contributed by atoms with Crippen LogP contribution in [0.3, 0.4) is 0 Å². The number of nitrogens with zero attached hydrogens (tertiary/aromatic N) is 2. The first-order valence-corrected chi connectivity index (χ1v) is 10.1. The summed E-state index contributed by atoms with van der Waals surface area (Å²) in [6, 6.07) is 18.2. The summed E-state index contributed by atoms with van der Waals surface area (Å²) in [5.74, 6) is -2.67. The van der Waals surface area contributed by atoms with Crippen LogP contribution in [0.15, 0.2) is 73.3 Å². The van der Waals surface area contributed by atoms with Gasteiger partial charge in [-0.3, -0.25) is 14.4 Å². The number of benzene rings is 2. The van der Waals surface area contributed by atoms with Crippen LogP contribution in [0.25, 0.3) is 0 Å². The second-order valence-corrected chi connectivity index (χ2v) is 8.09. The quantitative estimate of drug-likeness (QED) is 0.438. The molecule has 152 valence electrons. The standard InChI is InChI=1S/C24H22N2O4/c1-2-13-25(16-9-5-3-6-10-16)21(27)18-14-24(15-30-24)20-19(18)22(28)26(23(20)29)17-11-7-4-8-12-17/h2-12,18-20H,1,13-15H2/t18-,19?,20?,24+/m0/s1. The predicted octanol–water partition coefficient (Wildman–Crippen LogP) is 2.80. The van der Waals surface area contributed by atoms with Gasteiger partial charge in [-0.15, -0.1) is 6.58 Å². The number of hydrogen-bond acceptors (Lipinski definition) is 4. The molecule has 4 atom stereocenters. The molecule has 1 aliphatic carbocycles. The first kappa shape index (κ1) is 18.8. The van der Waals surface area contributed by atoms with Crippen molar-refractivity contribution >= 4 is 29.1 Å². The molecule has 3 aliphatic rings. The third-order valence-corrected chi connectivity index (χ3v) is 6.41. The number of fused-ring (bicyclic) bond motifs is 2. The third kappa shape index (κ3) is 2.71. The van der Waals surface area contributed by atoms with E-state index < -0.39 is 23.4 Å². The van der Waals surface area contributed by atoms with Crippen molar-refractivity contribution in [3.63, 3.8) is 0 Å². The van der Waals surface area contributed by atoms with Gasteiger partial charge in [-0.1, -0.05) is 42.5 Å². The summed E-state index contributed by atoms with van der Waals surface area (Å²) in [7, 11) is 0. The summed E-state index contributed by atoms with van der Waals surface area (Å²) in [4.78, 5) is 43.2. The fourth-order valence-corrected chi connectivity index (χ4v) is 5.00. The Morgan fingerprint density at radius 3 is 2.33 bits per heavy atom. The highest BCUT2D eigenvalue weighted by atomic mass is 16.6. The van der Waals surface area contributed by atoms with Gasteiger partial charge < -0.3 is 9.64 Å². The SMILES string of the molecule is C=CCN(C(=O)[C@H]1C[C@@]2(CO2)C2C(=O)N(c3ccccc3)C(=O)C21)c1ccccc1.